The molecule has 1 aliphatic carbocycles. The van der Waals surface area contributed by atoms with Gasteiger partial charge in [0.05, 0.1) is 0 Å². The van der Waals surface area contributed by atoms with Crippen molar-refractivity contribution in [2.24, 2.45) is 5.92 Å². The van der Waals surface area contributed by atoms with Crippen LogP contribution in [0, 0.1) is 5.92 Å². The average Bonchev–Trinajstić information content (AvgIpc) is 2.37. The third-order valence-electron chi connectivity index (χ3n) is 1.96. The molecule has 56 valence electrons. The molecule has 0 saturated heterocycles. The van der Waals surface area contributed by atoms with Crippen molar-refractivity contribution in [1.82, 2.24) is 0 Å². The summed E-state index contributed by atoms with van der Waals surface area (Å²) in [6.07, 6.45) is 6.07. The molecule has 0 radical (unpaired) electrons. The van der Waals surface area contributed by atoms with Crippen molar-refractivity contribution >= 4 is 22.6 Å². The van der Waals surface area contributed by atoms with Crippen molar-refractivity contribution in [2.75, 3.05) is 4.93 Å². The van der Waals surface area contributed by atoms with Crippen molar-refractivity contribution in [2.45, 2.75) is 27.6 Å². The standard InChI is InChI=1S/C7H13I2/c1-9-7(8)6-4-2-3-5-6/h6-7H,2-5H2,1H3/q-1/t7-/m1/s1. The summed E-state index contributed by atoms with van der Waals surface area (Å²) in [7, 11) is 0. The number of hydrogen-bond donors (Lipinski definition) is 0. The first-order chi connectivity index (χ1) is 4.34. The first-order valence-electron chi connectivity index (χ1n) is 3.46. The molecule has 2 heteroatoms. The molecule has 0 aromatic heterocycles. The van der Waals surface area contributed by atoms with E-state index < -0.39 is 0 Å². The van der Waals surface area contributed by atoms with Gasteiger partial charge in [-0.1, -0.05) is 0 Å². The van der Waals surface area contributed by atoms with Crippen LogP contribution in [-0.4, -0.2) is 6.86 Å². The van der Waals surface area contributed by atoms with Crippen LogP contribution in [0.15, 0.2) is 0 Å². The van der Waals surface area contributed by atoms with Crippen LogP contribution in [0.3, 0.4) is 0 Å². The molecule has 0 amide bonds. The third-order valence-corrected chi connectivity index (χ3v) is 8.35. The zero-order chi connectivity index (χ0) is 6.69. The SMILES string of the molecule is C[I-][C@@H](I)C1CCCC1. The van der Waals surface area contributed by atoms with Crippen molar-refractivity contribution in [3.8, 4) is 0 Å². The third kappa shape index (κ3) is 2.52. The first-order valence-corrected chi connectivity index (χ1v) is 8.11. The van der Waals surface area contributed by atoms with Crippen molar-refractivity contribution < 1.29 is 21.2 Å². The molecular weight excluding hydrogens is 338 g/mol. The van der Waals surface area contributed by atoms with E-state index in [1.807, 2.05) is 0 Å². The van der Waals surface area contributed by atoms with E-state index in [0.29, 0.717) is 21.2 Å². The number of halogens is 2. The molecule has 0 aliphatic heterocycles. The van der Waals surface area contributed by atoms with Gasteiger partial charge in [0, 0.05) is 0 Å². The van der Waals surface area contributed by atoms with Gasteiger partial charge in [0.25, 0.3) is 0 Å². The van der Waals surface area contributed by atoms with Crippen LogP contribution in [0.1, 0.15) is 25.7 Å². The van der Waals surface area contributed by atoms with E-state index in [4.69, 9.17) is 0 Å². The molecule has 1 fully saturated rings. The Morgan fingerprint density at radius 3 is 2.44 bits per heavy atom. The van der Waals surface area contributed by atoms with Gasteiger partial charge in [-0.3, -0.25) is 0 Å². The molecule has 0 N–H and O–H groups in total. The fourth-order valence-corrected chi connectivity index (χ4v) is 3.84. The Balaban J connectivity index is 2.24. The summed E-state index contributed by atoms with van der Waals surface area (Å²) in [4.78, 5) is 2.41. The number of rotatable bonds is 2. The van der Waals surface area contributed by atoms with E-state index in [1.54, 1.807) is 0 Å². The Hall–Kier alpha value is 1.46. The van der Waals surface area contributed by atoms with E-state index in [9.17, 15) is 0 Å². The van der Waals surface area contributed by atoms with E-state index in [0.717, 1.165) is 7.85 Å². The minimum absolute atomic E-state index is 0.518. The zero-order valence-corrected chi connectivity index (χ0v) is 10.1. The Labute approximate surface area is 81.6 Å². The molecule has 0 nitrogen and oxygen atoms in total. The predicted octanol–water partition coefficient (Wildman–Crippen LogP) is -0.344. The molecule has 0 spiro atoms. The van der Waals surface area contributed by atoms with Crippen LogP contribution < -0.4 is 21.2 Å². The van der Waals surface area contributed by atoms with Gasteiger partial charge in [0.1, 0.15) is 0 Å². The molecule has 0 bridgehead atoms. The Morgan fingerprint density at radius 1 is 1.44 bits per heavy atom. The van der Waals surface area contributed by atoms with Crippen LogP contribution in [0.5, 0.6) is 0 Å². The fraction of sp³-hybridized carbons (Fsp3) is 1.00. The van der Waals surface area contributed by atoms with E-state index in [2.05, 4.69) is 27.5 Å². The molecule has 0 heterocycles. The Morgan fingerprint density at radius 2 is 2.00 bits per heavy atom. The Bertz CT molecular complexity index is 77.0. The molecule has 0 aromatic carbocycles. The summed E-state index contributed by atoms with van der Waals surface area (Å²) in [6.45, 7) is 0. The van der Waals surface area contributed by atoms with Crippen LogP contribution in [0.4, 0.5) is 0 Å². The van der Waals surface area contributed by atoms with E-state index in [-0.39, 0.29) is 0 Å². The fourth-order valence-electron chi connectivity index (χ4n) is 1.39. The topological polar surface area (TPSA) is 0 Å². The zero-order valence-electron chi connectivity index (χ0n) is 5.74. The molecule has 1 aliphatic rings. The van der Waals surface area contributed by atoms with Crippen molar-refractivity contribution in [3.05, 3.63) is 0 Å². The summed E-state index contributed by atoms with van der Waals surface area (Å²) in [6, 6.07) is 0. The van der Waals surface area contributed by atoms with Gasteiger partial charge >= 0.3 is 82.3 Å². The van der Waals surface area contributed by atoms with Gasteiger partial charge < -0.3 is 0 Å². The van der Waals surface area contributed by atoms with Crippen LogP contribution >= 0.6 is 22.6 Å². The molecule has 9 heavy (non-hydrogen) atoms. The Kier molecular flexibility index (Phi) is 4.15. The summed E-state index contributed by atoms with van der Waals surface area (Å²) >= 11 is 3.17. The molecule has 1 saturated carbocycles. The maximum absolute atomic E-state index is 2.66. The van der Waals surface area contributed by atoms with Crippen LogP contribution in [0.25, 0.3) is 0 Å². The number of alkyl halides is 3. The van der Waals surface area contributed by atoms with Crippen LogP contribution in [-0.2, 0) is 0 Å². The number of hydrogen-bond acceptors (Lipinski definition) is 0. The molecule has 1 rings (SSSR count). The second-order valence-corrected chi connectivity index (χ2v) is 8.91. The van der Waals surface area contributed by atoms with Gasteiger partial charge in [0.15, 0.2) is 0 Å². The van der Waals surface area contributed by atoms with Crippen molar-refractivity contribution in [3.63, 3.8) is 0 Å². The summed E-state index contributed by atoms with van der Waals surface area (Å²) < 4.78 is 1.07. The summed E-state index contributed by atoms with van der Waals surface area (Å²) in [5.74, 6) is 1.11. The van der Waals surface area contributed by atoms with Gasteiger partial charge in [-0.25, -0.2) is 0 Å². The molecule has 1 atom stereocenters. The average molecular weight is 351 g/mol. The second kappa shape index (κ2) is 4.36. The second-order valence-electron chi connectivity index (χ2n) is 2.60. The molecule has 0 aromatic rings. The summed E-state index contributed by atoms with van der Waals surface area (Å²) in [5.41, 5.74) is 0. The van der Waals surface area contributed by atoms with Crippen LogP contribution in [0.2, 0.25) is 0 Å². The quantitative estimate of drug-likeness (QED) is 0.472. The van der Waals surface area contributed by atoms with Gasteiger partial charge in [-0.15, -0.1) is 0 Å². The van der Waals surface area contributed by atoms with Crippen molar-refractivity contribution in [1.29, 1.82) is 0 Å². The predicted molar refractivity (Wildman–Crippen MR) is 45.7 cm³/mol. The first kappa shape index (κ1) is 8.56. The summed E-state index contributed by atoms with van der Waals surface area (Å²) in [5, 5.41) is 0. The maximum atomic E-state index is 2.66. The molecule has 0 unspecified atom stereocenters. The van der Waals surface area contributed by atoms with Gasteiger partial charge in [-0.2, -0.15) is 0 Å². The van der Waals surface area contributed by atoms with Gasteiger partial charge in [0.2, 0.25) is 0 Å². The van der Waals surface area contributed by atoms with E-state index in [1.165, 1.54) is 25.7 Å². The van der Waals surface area contributed by atoms with Gasteiger partial charge in [-0.05, 0) is 0 Å². The monoisotopic (exact) mass is 351 g/mol. The normalized spacial score (nSPS) is 25.1. The molecular formula is C7H13I2-. The minimum atomic E-state index is 0.518. The van der Waals surface area contributed by atoms with E-state index >= 15 is 0 Å².